The molecule has 1 saturated heterocycles. The average molecular weight is 600 g/mol. The highest BCUT2D eigenvalue weighted by molar-refractivity contribution is 8.03. The quantitative estimate of drug-likeness (QED) is 0.213. The van der Waals surface area contributed by atoms with E-state index in [4.69, 9.17) is 0 Å². The van der Waals surface area contributed by atoms with Crippen molar-refractivity contribution in [3.05, 3.63) is 113 Å². The first kappa shape index (κ1) is 28.7. The van der Waals surface area contributed by atoms with Crippen molar-refractivity contribution in [3.63, 3.8) is 0 Å². The first-order valence-corrected chi connectivity index (χ1v) is 14.9. The number of piperazine rings is 1. The Morgan fingerprint density at radius 1 is 0.953 bits per heavy atom. The molecular weight excluding hydrogens is 568 g/mol. The zero-order valence-electron chi connectivity index (χ0n) is 23.6. The molecule has 3 N–H and O–H groups in total. The molecule has 3 heterocycles. The second-order valence-corrected chi connectivity index (χ2v) is 11.7. The molecule has 7 nitrogen and oxygen atoms in total. The van der Waals surface area contributed by atoms with Crippen LogP contribution in [0.2, 0.25) is 0 Å². The van der Waals surface area contributed by atoms with E-state index in [0.29, 0.717) is 38.3 Å². The zero-order chi connectivity index (χ0) is 29.9. The minimum atomic E-state index is -0.898. The van der Waals surface area contributed by atoms with E-state index in [1.807, 2.05) is 37.3 Å². The minimum absolute atomic E-state index is 0.165. The standard InChI is InChI=1S/C33H31F2N5O2S/c1-21-17-24-18-23(22-5-4-6-25(34)19-22)9-11-29(24)43-31(21)32(41)37-26-10-12-30(36-20-26)39-13-15-40(16-14-39)33(42)38-28-8-3-2-7-27(28)35/h2-12,18-20,32,37,41H,13-17H2,1H3,(H,38,42). The molecule has 1 atom stereocenters. The molecule has 1 fully saturated rings. The third-order valence-corrected chi connectivity index (χ3v) is 9.03. The van der Waals surface area contributed by atoms with Crippen LogP contribution in [0.15, 0.2) is 100 Å². The Hall–Kier alpha value is -4.41. The number of carbonyl (C=O) groups is 1. The lowest BCUT2D eigenvalue weighted by Gasteiger charge is -2.35. The van der Waals surface area contributed by atoms with Gasteiger partial charge in [-0.05, 0) is 78.6 Å². The molecule has 0 spiro atoms. The Morgan fingerprint density at radius 3 is 2.49 bits per heavy atom. The Bertz CT molecular complexity index is 1670. The highest BCUT2D eigenvalue weighted by Gasteiger charge is 2.24. The fourth-order valence-corrected chi connectivity index (χ4v) is 6.36. The van der Waals surface area contributed by atoms with Crippen LogP contribution in [0.5, 0.6) is 0 Å². The molecule has 2 amide bonds. The predicted molar refractivity (Wildman–Crippen MR) is 167 cm³/mol. The van der Waals surface area contributed by atoms with Gasteiger partial charge in [0.2, 0.25) is 0 Å². The summed E-state index contributed by atoms with van der Waals surface area (Å²) in [5, 5.41) is 16.9. The second-order valence-electron chi connectivity index (χ2n) is 10.6. The lowest BCUT2D eigenvalue weighted by atomic mass is 9.98. The van der Waals surface area contributed by atoms with Gasteiger partial charge in [0.05, 0.1) is 17.6 Å². The minimum Gasteiger partial charge on any atom is -0.369 e. The summed E-state index contributed by atoms with van der Waals surface area (Å²) in [6, 6.07) is 22.2. The van der Waals surface area contributed by atoms with Crippen molar-refractivity contribution in [3.8, 4) is 11.1 Å². The van der Waals surface area contributed by atoms with E-state index >= 15 is 0 Å². The topological polar surface area (TPSA) is 80.7 Å². The summed E-state index contributed by atoms with van der Waals surface area (Å²) in [5.74, 6) is 0.0522. The van der Waals surface area contributed by atoms with Crippen LogP contribution in [-0.2, 0) is 6.42 Å². The largest absolute Gasteiger partial charge is 0.369 e. The van der Waals surface area contributed by atoms with Crippen molar-refractivity contribution < 1.29 is 18.7 Å². The van der Waals surface area contributed by atoms with Gasteiger partial charge in [-0.3, -0.25) is 0 Å². The lowest BCUT2D eigenvalue weighted by Crippen LogP contribution is -2.50. The number of nitrogens with zero attached hydrogens (tertiary/aromatic N) is 3. The zero-order valence-corrected chi connectivity index (χ0v) is 24.4. The van der Waals surface area contributed by atoms with Crippen molar-refractivity contribution >= 4 is 35.0 Å². The van der Waals surface area contributed by atoms with Crippen molar-refractivity contribution in [2.24, 2.45) is 0 Å². The van der Waals surface area contributed by atoms with Crippen LogP contribution in [0.25, 0.3) is 11.1 Å². The molecule has 1 unspecified atom stereocenters. The van der Waals surface area contributed by atoms with Gasteiger partial charge < -0.3 is 25.5 Å². The summed E-state index contributed by atoms with van der Waals surface area (Å²) in [6.07, 6.45) is 1.49. The normalized spacial score (nSPS) is 15.6. The number of hydrogen-bond acceptors (Lipinski definition) is 6. The Kier molecular flexibility index (Phi) is 8.31. The number of amides is 2. The summed E-state index contributed by atoms with van der Waals surface area (Å²) in [7, 11) is 0. The van der Waals surface area contributed by atoms with Crippen LogP contribution in [0.3, 0.4) is 0 Å². The molecule has 2 aliphatic heterocycles. The Labute approximate surface area is 253 Å². The number of benzene rings is 3. The third-order valence-electron chi connectivity index (χ3n) is 7.62. The SMILES string of the molecule is CC1=C(C(O)Nc2ccc(N3CCN(C(=O)Nc4ccccc4F)CC3)nc2)Sc2ccc(-c3cccc(F)c3)cc2C1. The van der Waals surface area contributed by atoms with Crippen LogP contribution in [0.4, 0.5) is 30.8 Å². The fraction of sp³-hybridized carbons (Fsp3) is 0.212. The van der Waals surface area contributed by atoms with Crippen LogP contribution in [0, 0.1) is 11.6 Å². The number of pyridine rings is 1. The molecule has 6 rings (SSSR count). The van der Waals surface area contributed by atoms with Gasteiger partial charge in [-0.15, -0.1) is 0 Å². The number of nitrogens with one attached hydrogen (secondary N) is 2. The van der Waals surface area contributed by atoms with Gasteiger partial charge in [-0.1, -0.05) is 47.7 Å². The smallest absolute Gasteiger partial charge is 0.322 e. The number of hydrogen-bond donors (Lipinski definition) is 3. The average Bonchev–Trinajstić information content (AvgIpc) is 3.02. The molecule has 0 radical (unpaired) electrons. The lowest BCUT2D eigenvalue weighted by molar-refractivity contribution is 0.208. The molecule has 3 aromatic carbocycles. The van der Waals surface area contributed by atoms with Gasteiger partial charge in [0.15, 0.2) is 6.23 Å². The molecule has 43 heavy (non-hydrogen) atoms. The molecule has 220 valence electrons. The number of halogens is 2. The van der Waals surface area contributed by atoms with Crippen molar-refractivity contribution in [1.82, 2.24) is 9.88 Å². The van der Waals surface area contributed by atoms with E-state index in [0.717, 1.165) is 37.9 Å². The number of urea groups is 1. The number of aliphatic hydroxyl groups is 1. The summed E-state index contributed by atoms with van der Waals surface area (Å²) >= 11 is 1.54. The van der Waals surface area contributed by atoms with Crippen molar-refractivity contribution in [2.75, 3.05) is 41.7 Å². The molecule has 4 aromatic rings. The summed E-state index contributed by atoms with van der Waals surface area (Å²) in [4.78, 5) is 22.8. The highest BCUT2D eigenvalue weighted by Crippen LogP contribution is 2.41. The second kappa shape index (κ2) is 12.4. The number of aromatic nitrogens is 1. The van der Waals surface area contributed by atoms with Gasteiger partial charge in [-0.2, -0.15) is 0 Å². The molecular formula is C33H31F2N5O2S. The van der Waals surface area contributed by atoms with E-state index in [-0.39, 0.29) is 17.5 Å². The maximum Gasteiger partial charge on any atom is 0.322 e. The van der Waals surface area contributed by atoms with E-state index in [2.05, 4.69) is 26.6 Å². The first-order valence-electron chi connectivity index (χ1n) is 14.1. The van der Waals surface area contributed by atoms with E-state index in [1.165, 1.54) is 36.0 Å². The fourth-order valence-electron chi connectivity index (χ4n) is 5.31. The van der Waals surface area contributed by atoms with Crippen LogP contribution in [0.1, 0.15) is 12.5 Å². The maximum atomic E-state index is 13.9. The number of rotatable bonds is 6. The highest BCUT2D eigenvalue weighted by atomic mass is 32.2. The van der Waals surface area contributed by atoms with E-state index in [1.54, 1.807) is 29.3 Å². The monoisotopic (exact) mass is 599 g/mol. The Morgan fingerprint density at radius 2 is 1.74 bits per heavy atom. The van der Waals surface area contributed by atoms with Crippen LogP contribution < -0.4 is 15.5 Å². The number of thioether (sulfide) groups is 1. The van der Waals surface area contributed by atoms with Crippen molar-refractivity contribution in [1.29, 1.82) is 0 Å². The molecule has 2 aliphatic rings. The Balaban J connectivity index is 1.04. The molecule has 1 aromatic heterocycles. The van der Waals surface area contributed by atoms with Gasteiger partial charge in [0, 0.05) is 36.0 Å². The van der Waals surface area contributed by atoms with Crippen LogP contribution in [-0.4, -0.2) is 53.4 Å². The van der Waals surface area contributed by atoms with E-state index < -0.39 is 12.0 Å². The predicted octanol–water partition coefficient (Wildman–Crippen LogP) is 6.73. The van der Waals surface area contributed by atoms with Gasteiger partial charge in [-0.25, -0.2) is 18.6 Å². The number of para-hydroxylation sites is 1. The summed E-state index contributed by atoms with van der Waals surface area (Å²) in [6.45, 7) is 4.17. The maximum absolute atomic E-state index is 13.9. The molecule has 0 bridgehead atoms. The third kappa shape index (κ3) is 6.50. The number of fused-ring (bicyclic) bond motifs is 1. The molecule has 0 saturated carbocycles. The summed E-state index contributed by atoms with van der Waals surface area (Å²) < 4.78 is 27.6. The van der Waals surface area contributed by atoms with E-state index in [9.17, 15) is 18.7 Å². The number of anilines is 3. The number of aliphatic hydroxyl groups excluding tert-OH is 1. The van der Waals surface area contributed by atoms with Crippen LogP contribution >= 0.6 is 11.8 Å². The summed E-state index contributed by atoms with van der Waals surface area (Å²) in [5.41, 5.74) is 4.87. The number of allylic oxidation sites excluding steroid dienone is 1. The van der Waals surface area contributed by atoms with Crippen molar-refractivity contribution in [2.45, 2.75) is 24.5 Å². The van der Waals surface area contributed by atoms with Gasteiger partial charge in [0.25, 0.3) is 0 Å². The molecule has 10 heteroatoms. The van der Waals surface area contributed by atoms with Gasteiger partial charge >= 0.3 is 6.03 Å². The number of carbonyl (C=O) groups excluding carboxylic acids is 1. The van der Waals surface area contributed by atoms with Gasteiger partial charge in [0.1, 0.15) is 17.5 Å². The molecule has 0 aliphatic carbocycles. The first-order chi connectivity index (χ1) is 20.8.